The van der Waals surface area contributed by atoms with E-state index in [9.17, 15) is 5.11 Å². The number of aliphatic hydroxyl groups is 1. The van der Waals surface area contributed by atoms with Gasteiger partial charge < -0.3 is 5.11 Å². The lowest BCUT2D eigenvalue weighted by Gasteiger charge is -2.39. The summed E-state index contributed by atoms with van der Waals surface area (Å²) in [4.78, 5) is 4.11. The molecule has 0 bridgehead atoms. The van der Waals surface area contributed by atoms with Gasteiger partial charge in [-0.1, -0.05) is 19.9 Å². The first kappa shape index (κ1) is 11.6. The Morgan fingerprint density at radius 1 is 1.38 bits per heavy atom. The molecular weight excluding hydrogens is 198 g/mol. The number of nitrogens with zero attached hydrogens (tertiary/aromatic N) is 1. The summed E-state index contributed by atoms with van der Waals surface area (Å²) in [5, 5.41) is 10.6. The number of pyridine rings is 1. The Balaban J connectivity index is 2.07. The minimum absolute atomic E-state index is 0.514. The van der Waals surface area contributed by atoms with Crippen molar-refractivity contribution in [3.05, 3.63) is 30.1 Å². The van der Waals surface area contributed by atoms with Crippen molar-refractivity contribution >= 4 is 0 Å². The molecule has 2 nitrogen and oxygen atoms in total. The molecule has 0 saturated heterocycles. The largest absolute Gasteiger partial charge is 0.390 e. The van der Waals surface area contributed by atoms with E-state index in [1.807, 2.05) is 12.3 Å². The van der Waals surface area contributed by atoms with Gasteiger partial charge in [-0.05, 0) is 42.7 Å². The van der Waals surface area contributed by atoms with Crippen LogP contribution in [0.3, 0.4) is 0 Å². The normalized spacial score (nSPS) is 34.9. The molecule has 1 fully saturated rings. The molecule has 0 amide bonds. The van der Waals surface area contributed by atoms with Crippen LogP contribution in [0.5, 0.6) is 0 Å². The first-order chi connectivity index (χ1) is 7.57. The highest BCUT2D eigenvalue weighted by Gasteiger charge is 2.35. The first-order valence-electron chi connectivity index (χ1n) is 6.19. The van der Waals surface area contributed by atoms with Gasteiger partial charge in [-0.3, -0.25) is 4.98 Å². The summed E-state index contributed by atoms with van der Waals surface area (Å²) in [6.07, 6.45) is 7.48. The molecule has 1 aliphatic rings. The van der Waals surface area contributed by atoms with Crippen molar-refractivity contribution < 1.29 is 5.11 Å². The Labute approximate surface area is 97.7 Å². The third-order valence-electron chi connectivity index (χ3n) is 3.52. The Bertz CT molecular complexity index is 326. The molecule has 1 saturated carbocycles. The molecule has 88 valence electrons. The summed E-state index contributed by atoms with van der Waals surface area (Å²) in [6.45, 7) is 4.48. The quantitative estimate of drug-likeness (QED) is 0.829. The molecule has 0 radical (unpaired) electrons. The van der Waals surface area contributed by atoms with E-state index >= 15 is 0 Å². The topological polar surface area (TPSA) is 33.1 Å². The average molecular weight is 219 g/mol. The van der Waals surface area contributed by atoms with E-state index < -0.39 is 5.60 Å². The first-order valence-corrected chi connectivity index (χ1v) is 6.19. The summed E-state index contributed by atoms with van der Waals surface area (Å²) in [5.74, 6) is 1.26. The van der Waals surface area contributed by atoms with Gasteiger partial charge in [-0.2, -0.15) is 0 Å². The molecule has 2 atom stereocenters. The van der Waals surface area contributed by atoms with Crippen molar-refractivity contribution in [1.29, 1.82) is 0 Å². The zero-order valence-electron chi connectivity index (χ0n) is 10.2. The summed E-state index contributed by atoms with van der Waals surface area (Å²) >= 11 is 0. The maximum Gasteiger partial charge on any atom is 0.0693 e. The van der Waals surface area contributed by atoms with Gasteiger partial charge in [0, 0.05) is 18.8 Å². The minimum atomic E-state index is -0.514. The maximum absolute atomic E-state index is 10.6. The van der Waals surface area contributed by atoms with Crippen LogP contribution >= 0.6 is 0 Å². The maximum atomic E-state index is 10.6. The van der Waals surface area contributed by atoms with Crippen molar-refractivity contribution in [3.63, 3.8) is 0 Å². The van der Waals surface area contributed by atoms with Crippen LogP contribution in [-0.4, -0.2) is 15.7 Å². The molecule has 2 heteroatoms. The second-order valence-corrected chi connectivity index (χ2v) is 5.62. The van der Waals surface area contributed by atoms with E-state index in [1.54, 1.807) is 6.20 Å². The van der Waals surface area contributed by atoms with E-state index in [0.29, 0.717) is 11.8 Å². The zero-order valence-corrected chi connectivity index (χ0v) is 10.2. The number of hydrogen-bond acceptors (Lipinski definition) is 2. The minimum Gasteiger partial charge on any atom is -0.390 e. The molecule has 2 unspecified atom stereocenters. The molecule has 16 heavy (non-hydrogen) atoms. The lowest BCUT2D eigenvalue weighted by Crippen LogP contribution is -2.39. The monoisotopic (exact) mass is 219 g/mol. The summed E-state index contributed by atoms with van der Waals surface area (Å²) < 4.78 is 0. The standard InChI is InChI=1S/C14H21NO/c1-11-6-12(2)8-14(16,7-11)9-13-4-3-5-15-10-13/h3-5,10-12,16H,6-9H2,1-2H3. The molecule has 1 aromatic heterocycles. The molecule has 0 aromatic carbocycles. The second kappa shape index (κ2) is 4.54. The number of rotatable bonds is 2. The summed E-state index contributed by atoms with van der Waals surface area (Å²) in [6, 6.07) is 3.99. The molecule has 0 aliphatic heterocycles. The van der Waals surface area contributed by atoms with E-state index in [-0.39, 0.29) is 0 Å². The molecule has 1 aliphatic carbocycles. The average Bonchev–Trinajstić information content (AvgIpc) is 2.15. The lowest BCUT2D eigenvalue weighted by atomic mass is 9.71. The van der Waals surface area contributed by atoms with Crippen molar-refractivity contribution in [2.75, 3.05) is 0 Å². The van der Waals surface area contributed by atoms with E-state index in [2.05, 4.69) is 24.9 Å². The fourth-order valence-corrected chi connectivity index (χ4v) is 3.26. The van der Waals surface area contributed by atoms with Crippen molar-refractivity contribution in [2.45, 2.75) is 45.1 Å². The molecule has 2 rings (SSSR count). The fraction of sp³-hybridized carbons (Fsp3) is 0.643. The summed E-state index contributed by atoms with van der Waals surface area (Å²) in [5.41, 5.74) is 0.631. The Morgan fingerprint density at radius 2 is 2.06 bits per heavy atom. The summed E-state index contributed by atoms with van der Waals surface area (Å²) in [7, 11) is 0. The number of aromatic nitrogens is 1. The van der Waals surface area contributed by atoms with Gasteiger partial charge in [0.25, 0.3) is 0 Å². The van der Waals surface area contributed by atoms with Gasteiger partial charge in [0.2, 0.25) is 0 Å². The molecule has 0 spiro atoms. The van der Waals surface area contributed by atoms with E-state index in [0.717, 1.165) is 24.8 Å². The Morgan fingerprint density at radius 3 is 2.62 bits per heavy atom. The van der Waals surface area contributed by atoms with Gasteiger partial charge in [-0.25, -0.2) is 0 Å². The zero-order chi connectivity index (χ0) is 11.6. The van der Waals surface area contributed by atoms with Gasteiger partial charge in [-0.15, -0.1) is 0 Å². The molecule has 1 N–H and O–H groups in total. The van der Waals surface area contributed by atoms with Crippen molar-refractivity contribution in [2.24, 2.45) is 11.8 Å². The van der Waals surface area contributed by atoms with Gasteiger partial charge in [0.15, 0.2) is 0 Å². The van der Waals surface area contributed by atoms with Crippen LogP contribution < -0.4 is 0 Å². The van der Waals surface area contributed by atoms with Crippen LogP contribution in [0.2, 0.25) is 0 Å². The van der Waals surface area contributed by atoms with Crippen LogP contribution in [0.4, 0.5) is 0 Å². The van der Waals surface area contributed by atoms with Gasteiger partial charge in [0.1, 0.15) is 0 Å². The third-order valence-corrected chi connectivity index (χ3v) is 3.52. The molecular formula is C14H21NO. The fourth-order valence-electron chi connectivity index (χ4n) is 3.26. The van der Waals surface area contributed by atoms with E-state index in [4.69, 9.17) is 0 Å². The van der Waals surface area contributed by atoms with Crippen LogP contribution in [0.15, 0.2) is 24.5 Å². The second-order valence-electron chi connectivity index (χ2n) is 5.62. The van der Waals surface area contributed by atoms with Gasteiger partial charge in [0.05, 0.1) is 5.60 Å². The highest BCUT2D eigenvalue weighted by atomic mass is 16.3. The highest BCUT2D eigenvalue weighted by Crippen LogP contribution is 2.37. The van der Waals surface area contributed by atoms with Gasteiger partial charge >= 0.3 is 0 Å². The van der Waals surface area contributed by atoms with Crippen molar-refractivity contribution in [1.82, 2.24) is 4.98 Å². The van der Waals surface area contributed by atoms with Crippen LogP contribution in [0.25, 0.3) is 0 Å². The predicted octanol–water partition coefficient (Wildman–Crippen LogP) is 2.81. The number of hydrogen-bond donors (Lipinski definition) is 1. The van der Waals surface area contributed by atoms with E-state index in [1.165, 1.54) is 6.42 Å². The molecule has 1 aromatic rings. The Hall–Kier alpha value is -0.890. The van der Waals surface area contributed by atoms with Crippen LogP contribution in [0.1, 0.15) is 38.7 Å². The van der Waals surface area contributed by atoms with Crippen molar-refractivity contribution in [3.8, 4) is 0 Å². The Kier molecular flexibility index (Phi) is 3.29. The highest BCUT2D eigenvalue weighted by molar-refractivity contribution is 5.12. The van der Waals surface area contributed by atoms with Crippen LogP contribution in [0, 0.1) is 11.8 Å². The molecule has 1 heterocycles. The lowest BCUT2D eigenvalue weighted by molar-refractivity contribution is -0.0305. The predicted molar refractivity (Wildman–Crippen MR) is 65.1 cm³/mol. The smallest absolute Gasteiger partial charge is 0.0693 e. The van der Waals surface area contributed by atoms with Crippen LogP contribution in [-0.2, 0) is 6.42 Å². The SMILES string of the molecule is CC1CC(C)CC(O)(Cc2cccnc2)C1. The third kappa shape index (κ3) is 2.82.